The van der Waals surface area contributed by atoms with Gasteiger partial charge in [-0.25, -0.2) is 0 Å². The standard InChI is InChI=1S/C15H23BrF3NO/c16-13-4-2-1-3-11(13)9-20-14(21)10-5-7-12(8-6-10)15(17,18)19/h10-13H,1-9H2,(H,20,21). The third-order valence-corrected chi connectivity index (χ3v) is 6.12. The van der Waals surface area contributed by atoms with Crippen molar-refractivity contribution < 1.29 is 18.0 Å². The number of rotatable bonds is 3. The Morgan fingerprint density at radius 2 is 1.67 bits per heavy atom. The molecule has 0 aliphatic heterocycles. The lowest BCUT2D eigenvalue weighted by Crippen LogP contribution is -2.40. The highest BCUT2D eigenvalue weighted by Gasteiger charge is 2.42. The van der Waals surface area contributed by atoms with E-state index >= 15 is 0 Å². The fourth-order valence-electron chi connectivity index (χ4n) is 3.45. The van der Waals surface area contributed by atoms with Crippen LogP contribution in [0, 0.1) is 17.8 Å². The molecule has 2 nitrogen and oxygen atoms in total. The molecule has 21 heavy (non-hydrogen) atoms. The van der Waals surface area contributed by atoms with Crippen LogP contribution in [0.2, 0.25) is 0 Å². The Morgan fingerprint density at radius 1 is 1.05 bits per heavy atom. The first-order chi connectivity index (χ1) is 9.88. The first-order valence-electron chi connectivity index (χ1n) is 7.86. The molecule has 2 fully saturated rings. The monoisotopic (exact) mass is 369 g/mol. The average molecular weight is 370 g/mol. The molecule has 0 saturated heterocycles. The maximum Gasteiger partial charge on any atom is 0.391 e. The van der Waals surface area contributed by atoms with E-state index in [1.807, 2.05) is 0 Å². The van der Waals surface area contributed by atoms with Crippen molar-refractivity contribution in [3.63, 3.8) is 0 Å². The van der Waals surface area contributed by atoms with E-state index in [1.165, 1.54) is 12.8 Å². The number of carbonyl (C=O) groups excluding carboxylic acids is 1. The van der Waals surface area contributed by atoms with Gasteiger partial charge in [0.15, 0.2) is 0 Å². The molecule has 0 bridgehead atoms. The van der Waals surface area contributed by atoms with Crippen molar-refractivity contribution in [3.05, 3.63) is 0 Å². The van der Waals surface area contributed by atoms with Gasteiger partial charge in [0, 0.05) is 17.3 Å². The van der Waals surface area contributed by atoms with E-state index in [4.69, 9.17) is 0 Å². The quantitative estimate of drug-likeness (QED) is 0.732. The number of nitrogens with one attached hydrogen (secondary N) is 1. The molecule has 0 aromatic rings. The molecule has 122 valence electrons. The summed E-state index contributed by atoms with van der Waals surface area (Å²) in [5.74, 6) is -1.05. The molecule has 2 aliphatic rings. The highest BCUT2D eigenvalue weighted by atomic mass is 79.9. The van der Waals surface area contributed by atoms with Crippen molar-refractivity contribution in [2.45, 2.75) is 62.4 Å². The van der Waals surface area contributed by atoms with Gasteiger partial charge in [-0.1, -0.05) is 28.8 Å². The molecule has 1 N–H and O–H groups in total. The van der Waals surface area contributed by atoms with Gasteiger partial charge in [-0.05, 0) is 44.4 Å². The summed E-state index contributed by atoms with van der Waals surface area (Å²) in [6.45, 7) is 0.647. The molecule has 2 unspecified atom stereocenters. The lowest BCUT2D eigenvalue weighted by molar-refractivity contribution is -0.184. The second-order valence-corrected chi connectivity index (χ2v) is 7.57. The number of amides is 1. The summed E-state index contributed by atoms with van der Waals surface area (Å²) >= 11 is 3.65. The van der Waals surface area contributed by atoms with Crippen molar-refractivity contribution in [3.8, 4) is 0 Å². The maximum atomic E-state index is 12.6. The molecular weight excluding hydrogens is 347 g/mol. The molecule has 2 aliphatic carbocycles. The lowest BCUT2D eigenvalue weighted by atomic mass is 9.81. The van der Waals surface area contributed by atoms with E-state index in [1.54, 1.807) is 0 Å². The predicted octanol–water partition coefficient (Wildman–Crippen LogP) is 4.43. The summed E-state index contributed by atoms with van der Waals surface area (Å²) in [6, 6.07) is 0. The van der Waals surface area contributed by atoms with Gasteiger partial charge >= 0.3 is 6.18 Å². The van der Waals surface area contributed by atoms with Gasteiger partial charge in [-0.3, -0.25) is 4.79 Å². The highest BCUT2D eigenvalue weighted by Crippen LogP contribution is 2.39. The first kappa shape index (κ1) is 17.1. The van der Waals surface area contributed by atoms with Crippen LogP contribution in [-0.4, -0.2) is 23.5 Å². The SMILES string of the molecule is O=C(NCC1CCCCC1Br)C1CCC(C(F)(F)F)CC1. The molecule has 0 radical (unpaired) electrons. The molecule has 0 heterocycles. The Kier molecular flexibility index (Phi) is 5.97. The van der Waals surface area contributed by atoms with Crippen LogP contribution < -0.4 is 5.32 Å². The van der Waals surface area contributed by atoms with E-state index in [-0.39, 0.29) is 24.7 Å². The van der Waals surface area contributed by atoms with Gasteiger partial charge in [-0.2, -0.15) is 13.2 Å². The maximum absolute atomic E-state index is 12.6. The van der Waals surface area contributed by atoms with Gasteiger partial charge < -0.3 is 5.32 Å². The second-order valence-electron chi connectivity index (χ2n) is 6.40. The van der Waals surface area contributed by atoms with E-state index in [0.29, 0.717) is 30.1 Å². The van der Waals surface area contributed by atoms with Crippen molar-refractivity contribution in [1.82, 2.24) is 5.32 Å². The molecule has 1 amide bonds. The van der Waals surface area contributed by atoms with E-state index in [9.17, 15) is 18.0 Å². The van der Waals surface area contributed by atoms with E-state index in [2.05, 4.69) is 21.2 Å². The lowest BCUT2D eigenvalue weighted by Gasteiger charge is -2.31. The summed E-state index contributed by atoms with van der Waals surface area (Å²) in [6.07, 6.45) is 1.46. The number of halogens is 4. The van der Waals surface area contributed by atoms with E-state index < -0.39 is 12.1 Å². The van der Waals surface area contributed by atoms with Gasteiger partial charge in [0.25, 0.3) is 0 Å². The third kappa shape index (κ3) is 4.86. The highest BCUT2D eigenvalue weighted by molar-refractivity contribution is 9.09. The van der Waals surface area contributed by atoms with Crippen LogP contribution in [0.5, 0.6) is 0 Å². The Bertz CT molecular complexity index is 353. The summed E-state index contributed by atoms with van der Waals surface area (Å²) < 4.78 is 37.8. The smallest absolute Gasteiger partial charge is 0.356 e. The number of carbonyl (C=O) groups is 1. The molecule has 0 aromatic heterocycles. The molecule has 6 heteroatoms. The van der Waals surface area contributed by atoms with Gasteiger partial charge in [0.05, 0.1) is 5.92 Å². The zero-order valence-corrected chi connectivity index (χ0v) is 13.7. The van der Waals surface area contributed by atoms with Crippen molar-refractivity contribution in [2.24, 2.45) is 17.8 Å². The second kappa shape index (κ2) is 7.34. The number of alkyl halides is 4. The van der Waals surface area contributed by atoms with Crippen LogP contribution in [-0.2, 0) is 4.79 Å². The summed E-state index contributed by atoms with van der Waals surface area (Å²) in [5, 5.41) is 2.96. The van der Waals surface area contributed by atoms with E-state index in [0.717, 1.165) is 12.8 Å². The first-order valence-corrected chi connectivity index (χ1v) is 8.78. The molecule has 2 atom stereocenters. The van der Waals surface area contributed by atoms with Gasteiger partial charge in [0.1, 0.15) is 0 Å². The Hall–Kier alpha value is -0.260. The van der Waals surface area contributed by atoms with Crippen LogP contribution in [0.15, 0.2) is 0 Å². The molecule has 2 rings (SSSR count). The summed E-state index contributed by atoms with van der Waals surface area (Å²) in [5.41, 5.74) is 0. The number of hydrogen-bond acceptors (Lipinski definition) is 1. The average Bonchev–Trinajstić information content (AvgIpc) is 2.45. The van der Waals surface area contributed by atoms with Gasteiger partial charge in [0.2, 0.25) is 5.91 Å². The topological polar surface area (TPSA) is 29.1 Å². The van der Waals surface area contributed by atoms with Crippen molar-refractivity contribution in [1.29, 1.82) is 0 Å². The van der Waals surface area contributed by atoms with Crippen LogP contribution in [0.25, 0.3) is 0 Å². The minimum atomic E-state index is -4.10. The van der Waals surface area contributed by atoms with Crippen LogP contribution >= 0.6 is 15.9 Å². The largest absolute Gasteiger partial charge is 0.391 e. The zero-order chi connectivity index (χ0) is 15.5. The zero-order valence-electron chi connectivity index (χ0n) is 12.1. The molecule has 0 spiro atoms. The summed E-state index contributed by atoms with van der Waals surface area (Å²) in [7, 11) is 0. The van der Waals surface area contributed by atoms with Crippen LogP contribution in [0.1, 0.15) is 51.4 Å². The predicted molar refractivity (Wildman–Crippen MR) is 79.2 cm³/mol. The van der Waals surface area contributed by atoms with Crippen LogP contribution in [0.4, 0.5) is 13.2 Å². The summed E-state index contributed by atoms with van der Waals surface area (Å²) in [4.78, 5) is 12.5. The molecule has 2 saturated carbocycles. The fraction of sp³-hybridized carbons (Fsp3) is 0.933. The molecule has 0 aromatic carbocycles. The fourth-order valence-corrected chi connectivity index (χ4v) is 4.23. The van der Waals surface area contributed by atoms with Crippen molar-refractivity contribution in [2.75, 3.05) is 6.54 Å². The van der Waals surface area contributed by atoms with Crippen LogP contribution in [0.3, 0.4) is 0 Å². The third-order valence-electron chi connectivity index (χ3n) is 4.92. The number of hydrogen-bond donors (Lipinski definition) is 1. The Morgan fingerprint density at radius 3 is 2.24 bits per heavy atom. The van der Waals surface area contributed by atoms with Gasteiger partial charge in [-0.15, -0.1) is 0 Å². The Balaban J connectivity index is 1.72. The minimum Gasteiger partial charge on any atom is -0.356 e. The minimum absolute atomic E-state index is 0.0547. The normalized spacial score (nSPS) is 34.5. The Labute approximate surface area is 132 Å². The molecular formula is C15H23BrF3NO. The van der Waals surface area contributed by atoms with Crippen molar-refractivity contribution >= 4 is 21.8 Å².